The van der Waals surface area contributed by atoms with Gasteiger partial charge in [0.05, 0.1) is 24.2 Å². The quantitative estimate of drug-likeness (QED) is 0.738. The third kappa shape index (κ3) is 5.62. The molecular formula is C14H23NO5S. The predicted molar refractivity (Wildman–Crippen MR) is 79.9 cm³/mol. The van der Waals surface area contributed by atoms with Crippen molar-refractivity contribution in [1.82, 2.24) is 4.31 Å². The van der Waals surface area contributed by atoms with Crippen LogP contribution in [0.3, 0.4) is 0 Å². The average Bonchev–Trinajstić information content (AvgIpc) is 2.45. The van der Waals surface area contributed by atoms with Gasteiger partial charge >= 0.3 is 0 Å². The van der Waals surface area contributed by atoms with Crippen LogP contribution < -0.4 is 4.74 Å². The number of hydrogen-bond acceptors (Lipinski definition) is 5. The van der Waals surface area contributed by atoms with E-state index in [2.05, 4.69) is 0 Å². The average molecular weight is 317 g/mol. The minimum absolute atomic E-state index is 0.0732. The summed E-state index contributed by atoms with van der Waals surface area (Å²) in [4.78, 5) is 0.200. The van der Waals surface area contributed by atoms with Crippen LogP contribution >= 0.6 is 0 Å². The molecule has 1 aromatic carbocycles. The number of likely N-dealkylation sites (N-methyl/N-ethyl adjacent to an activating group) is 1. The molecule has 0 bridgehead atoms. The fraction of sp³-hybridized carbons (Fsp3) is 0.571. The molecule has 7 heteroatoms. The maximum Gasteiger partial charge on any atom is 0.242 e. The van der Waals surface area contributed by atoms with Crippen molar-refractivity contribution in [3.05, 3.63) is 24.3 Å². The second-order valence-electron chi connectivity index (χ2n) is 4.79. The first-order valence-electron chi connectivity index (χ1n) is 6.79. The van der Waals surface area contributed by atoms with Crippen molar-refractivity contribution >= 4 is 10.0 Å². The summed E-state index contributed by atoms with van der Waals surface area (Å²) in [5.41, 5.74) is 0. The fourth-order valence-corrected chi connectivity index (χ4v) is 2.74. The van der Waals surface area contributed by atoms with Crippen molar-refractivity contribution in [3.8, 4) is 5.75 Å². The molecule has 0 unspecified atom stereocenters. The van der Waals surface area contributed by atoms with Crippen LogP contribution in [0.5, 0.6) is 5.75 Å². The molecule has 0 aliphatic carbocycles. The van der Waals surface area contributed by atoms with Crippen LogP contribution in [0.4, 0.5) is 0 Å². The van der Waals surface area contributed by atoms with Crippen LogP contribution in [0.1, 0.15) is 13.8 Å². The van der Waals surface area contributed by atoms with Crippen LogP contribution in [0.2, 0.25) is 0 Å². The molecule has 0 saturated carbocycles. The smallest absolute Gasteiger partial charge is 0.242 e. The lowest BCUT2D eigenvalue weighted by molar-refractivity contribution is 0.0737. The van der Waals surface area contributed by atoms with Crippen LogP contribution in [0, 0.1) is 0 Å². The molecule has 0 radical (unpaired) electrons. The number of aliphatic hydroxyl groups is 1. The molecule has 0 aliphatic rings. The lowest BCUT2D eigenvalue weighted by Crippen LogP contribution is -2.30. The predicted octanol–water partition coefficient (Wildman–Crippen LogP) is 1.10. The van der Waals surface area contributed by atoms with E-state index >= 15 is 0 Å². The summed E-state index contributed by atoms with van der Waals surface area (Å²) in [6, 6.07) is 6.12. The van der Waals surface area contributed by atoms with E-state index in [1.54, 1.807) is 12.1 Å². The zero-order valence-corrected chi connectivity index (χ0v) is 13.5. The standard InChI is InChI=1S/C14H23NO5S/c1-12(2)19-10-8-15(3)21(17,18)14-6-4-13(5-7-14)20-11-9-16/h4-7,12,16H,8-11H2,1-3H3. The number of nitrogens with zero attached hydrogens (tertiary/aromatic N) is 1. The van der Waals surface area contributed by atoms with E-state index < -0.39 is 10.0 Å². The lowest BCUT2D eigenvalue weighted by Gasteiger charge is -2.18. The van der Waals surface area contributed by atoms with E-state index in [-0.39, 0.29) is 24.2 Å². The molecule has 0 spiro atoms. The van der Waals surface area contributed by atoms with Crippen molar-refractivity contribution < 1.29 is 23.0 Å². The van der Waals surface area contributed by atoms with Crippen molar-refractivity contribution in [2.45, 2.75) is 24.8 Å². The third-order valence-corrected chi connectivity index (χ3v) is 4.62. The Hall–Kier alpha value is -1.15. The number of hydrogen-bond donors (Lipinski definition) is 1. The number of rotatable bonds is 9. The van der Waals surface area contributed by atoms with Gasteiger partial charge in [0, 0.05) is 13.6 Å². The van der Waals surface area contributed by atoms with Crippen LogP contribution in [0.15, 0.2) is 29.2 Å². The first-order valence-corrected chi connectivity index (χ1v) is 8.23. The van der Waals surface area contributed by atoms with Gasteiger partial charge in [0.1, 0.15) is 12.4 Å². The highest BCUT2D eigenvalue weighted by molar-refractivity contribution is 7.89. The molecule has 0 aliphatic heterocycles. The zero-order valence-electron chi connectivity index (χ0n) is 12.7. The van der Waals surface area contributed by atoms with Gasteiger partial charge in [-0.2, -0.15) is 4.31 Å². The van der Waals surface area contributed by atoms with Gasteiger partial charge in [0.2, 0.25) is 10.0 Å². The van der Waals surface area contributed by atoms with E-state index in [0.29, 0.717) is 18.9 Å². The van der Waals surface area contributed by atoms with Gasteiger partial charge in [-0.25, -0.2) is 8.42 Å². The van der Waals surface area contributed by atoms with Gasteiger partial charge in [0.25, 0.3) is 0 Å². The van der Waals surface area contributed by atoms with Crippen LogP contribution in [0.25, 0.3) is 0 Å². The molecule has 1 N–H and O–H groups in total. The van der Waals surface area contributed by atoms with Crippen molar-refractivity contribution in [1.29, 1.82) is 0 Å². The summed E-state index contributed by atoms with van der Waals surface area (Å²) in [5, 5.41) is 8.67. The molecule has 0 aromatic heterocycles. The van der Waals surface area contributed by atoms with E-state index in [1.165, 1.54) is 23.5 Å². The van der Waals surface area contributed by atoms with Gasteiger partial charge < -0.3 is 14.6 Å². The first kappa shape index (κ1) is 17.9. The topological polar surface area (TPSA) is 76.1 Å². The molecule has 0 amide bonds. The Labute approximate surface area is 126 Å². The highest BCUT2D eigenvalue weighted by Gasteiger charge is 2.20. The molecule has 6 nitrogen and oxygen atoms in total. The Kier molecular flexibility index (Phi) is 7.10. The Morgan fingerprint density at radius 2 is 1.81 bits per heavy atom. The normalized spacial score (nSPS) is 12.1. The largest absolute Gasteiger partial charge is 0.491 e. The summed E-state index contributed by atoms with van der Waals surface area (Å²) >= 11 is 0. The van der Waals surface area contributed by atoms with E-state index in [9.17, 15) is 8.42 Å². The van der Waals surface area contributed by atoms with Gasteiger partial charge in [-0.05, 0) is 38.1 Å². The number of sulfonamides is 1. The van der Waals surface area contributed by atoms with E-state index in [4.69, 9.17) is 14.6 Å². The minimum atomic E-state index is -3.53. The van der Waals surface area contributed by atoms with Crippen molar-refractivity contribution in [2.24, 2.45) is 0 Å². The monoisotopic (exact) mass is 317 g/mol. The Morgan fingerprint density at radius 1 is 1.19 bits per heavy atom. The third-order valence-electron chi connectivity index (χ3n) is 2.75. The zero-order chi connectivity index (χ0) is 15.9. The Morgan fingerprint density at radius 3 is 2.33 bits per heavy atom. The Balaban J connectivity index is 2.68. The molecule has 1 rings (SSSR count). The summed E-state index contributed by atoms with van der Waals surface area (Å²) in [5.74, 6) is 0.522. The molecule has 1 aromatic rings. The minimum Gasteiger partial charge on any atom is -0.491 e. The lowest BCUT2D eigenvalue weighted by atomic mass is 10.3. The second-order valence-corrected chi connectivity index (χ2v) is 6.83. The SMILES string of the molecule is CC(C)OCCN(C)S(=O)(=O)c1ccc(OCCO)cc1. The van der Waals surface area contributed by atoms with Crippen LogP contribution in [-0.2, 0) is 14.8 Å². The molecular weight excluding hydrogens is 294 g/mol. The van der Waals surface area contributed by atoms with E-state index in [0.717, 1.165) is 0 Å². The number of aliphatic hydroxyl groups excluding tert-OH is 1. The summed E-state index contributed by atoms with van der Waals surface area (Å²) in [6.07, 6.45) is 0.0732. The van der Waals surface area contributed by atoms with Gasteiger partial charge in [0.15, 0.2) is 0 Å². The number of ether oxygens (including phenoxy) is 2. The summed E-state index contributed by atoms with van der Waals surface area (Å²) < 4.78 is 36.5. The number of benzene rings is 1. The maximum absolute atomic E-state index is 12.3. The van der Waals surface area contributed by atoms with Crippen molar-refractivity contribution in [2.75, 3.05) is 33.4 Å². The van der Waals surface area contributed by atoms with Crippen molar-refractivity contribution in [3.63, 3.8) is 0 Å². The summed E-state index contributed by atoms with van der Waals surface area (Å²) in [7, 11) is -2.00. The fourth-order valence-electron chi connectivity index (χ4n) is 1.59. The maximum atomic E-state index is 12.3. The van der Waals surface area contributed by atoms with E-state index in [1.807, 2.05) is 13.8 Å². The highest BCUT2D eigenvalue weighted by atomic mass is 32.2. The van der Waals surface area contributed by atoms with Gasteiger partial charge in [-0.1, -0.05) is 0 Å². The van der Waals surface area contributed by atoms with Gasteiger partial charge in [-0.3, -0.25) is 0 Å². The molecule has 0 atom stereocenters. The molecule has 21 heavy (non-hydrogen) atoms. The second kappa shape index (κ2) is 8.33. The molecule has 0 saturated heterocycles. The highest BCUT2D eigenvalue weighted by Crippen LogP contribution is 2.18. The molecule has 0 fully saturated rings. The summed E-state index contributed by atoms with van der Waals surface area (Å²) in [6.45, 7) is 4.55. The Bertz CT molecular complexity index is 513. The first-order chi connectivity index (χ1) is 9.87. The molecule has 120 valence electrons. The van der Waals surface area contributed by atoms with Crippen LogP contribution in [-0.4, -0.2) is 57.3 Å². The van der Waals surface area contributed by atoms with Gasteiger partial charge in [-0.15, -0.1) is 0 Å². The molecule has 0 heterocycles.